The molecule has 1 saturated heterocycles. The maximum atomic E-state index is 13.2. The second-order valence-electron chi connectivity index (χ2n) is 5.58. The number of aromatic nitrogens is 2. The Morgan fingerprint density at radius 1 is 1.38 bits per heavy atom. The van der Waals surface area contributed by atoms with Gasteiger partial charge in [-0.15, -0.1) is 11.3 Å². The highest BCUT2D eigenvalue weighted by molar-refractivity contribution is 7.09. The van der Waals surface area contributed by atoms with Crippen molar-refractivity contribution < 1.29 is 4.39 Å². The second-order valence-corrected chi connectivity index (χ2v) is 6.62. The van der Waals surface area contributed by atoms with Crippen LogP contribution < -0.4 is 0 Å². The van der Waals surface area contributed by atoms with E-state index in [9.17, 15) is 4.39 Å². The summed E-state index contributed by atoms with van der Waals surface area (Å²) in [5, 5.41) is 2.12. The molecule has 4 rings (SSSR count). The number of imidazole rings is 1. The molecule has 3 aromatic rings. The maximum Gasteiger partial charge on any atom is 0.125 e. The highest BCUT2D eigenvalue weighted by atomic mass is 32.1. The van der Waals surface area contributed by atoms with Crippen LogP contribution in [0.5, 0.6) is 0 Å². The van der Waals surface area contributed by atoms with Crippen molar-refractivity contribution in [1.82, 2.24) is 14.9 Å². The zero-order valence-corrected chi connectivity index (χ0v) is 12.4. The lowest BCUT2D eigenvalue weighted by atomic mass is 10.1. The Morgan fingerprint density at radius 2 is 2.33 bits per heavy atom. The van der Waals surface area contributed by atoms with Gasteiger partial charge < -0.3 is 4.98 Å². The van der Waals surface area contributed by atoms with Gasteiger partial charge in [0, 0.05) is 23.9 Å². The summed E-state index contributed by atoms with van der Waals surface area (Å²) in [6.45, 7) is 3.12. The topological polar surface area (TPSA) is 31.9 Å². The third-order valence-electron chi connectivity index (χ3n) is 4.08. The second kappa shape index (κ2) is 5.24. The van der Waals surface area contributed by atoms with Crippen molar-refractivity contribution in [2.75, 3.05) is 13.1 Å². The van der Waals surface area contributed by atoms with Gasteiger partial charge in [-0.25, -0.2) is 9.37 Å². The van der Waals surface area contributed by atoms with Crippen LogP contribution in [0.15, 0.2) is 35.7 Å². The quantitative estimate of drug-likeness (QED) is 0.799. The molecule has 0 spiro atoms. The Morgan fingerprint density at radius 3 is 3.19 bits per heavy atom. The molecule has 3 heterocycles. The van der Waals surface area contributed by atoms with Crippen molar-refractivity contribution in [3.8, 4) is 0 Å². The van der Waals surface area contributed by atoms with E-state index in [1.807, 2.05) is 0 Å². The van der Waals surface area contributed by atoms with Crippen molar-refractivity contribution in [2.45, 2.75) is 18.9 Å². The van der Waals surface area contributed by atoms with Gasteiger partial charge >= 0.3 is 0 Å². The minimum absolute atomic E-state index is 0.219. The molecule has 0 radical (unpaired) electrons. The van der Waals surface area contributed by atoms with E-state index in [0.29, 0.717) is 5.92 Å². The molecule has 21 heavy (non-hydrogen) atoms. The van der Waals surface area contributed by atoms with E-state index in [1.165, 1.54) is 17.0 Å². The Kier molecular flexibility index (Phi) is 3.24. The number of thiophene rings is 1. The van der Waals surface area contributed by atoms with Gasteiger partial charge in [-0.05, 0) is 42.6 Å². The van der Waals surface area contributed by atoms with E-state index in [4.69, 9.17) is 0 Å². The Labute approximate surface area is 126 Å². The van der Waals surface area contributed by atoms with Crippen molar-refractivity contribution in [3.63, 3.8) is 0 Å². The highest BCUT2D eigenvalue weighted by Gasteiger charge is 2.26. The molecule has 2 aromatic heterocycles. The van der Waals surface area contributed by atoms with E-state index < -0.39 is 0 Å². The van der Waals surface area contributed by atoms with Crippen LogP contribution in [0.4, 0.5) is 4.39 Å². The van der Waals surface area contributed by atoms with Gasteiger partial charge in [0.25, 0.3) is 0 Å². The van der Waals surface area contributed by atoms with Gasteiger partial charge in [0.1, 0.15) is 11.6 Å². The summed E-state index contributed by atoms with van der Waals surface area (Å²) in [5.41, 5.74) is 1.64. The molecule has 1 aliphatic rings. The predicted octanol–water partition coefficient (Wildman–Crippen LogP) is 3.75. The van der Waals surface area contributed by atoms with Crippen LogP contribution in [-0.2, 0) is 6.54 Å². The molecule has 3 nitrogen and oxygen atoms in total. The van der Waals surface area contributed by atoms with Crippen molar-refractivity contribution in [3.05, 3.63) is 52.2 Å². The lowest BCUT2D eigenvalue weighted by Gasteiger charge is -2.13. The molecular weight excluding hydrogens is 285 g/mol. The summed E-state index contributed by atoms with van der Waals surface area (Å²) in [6, 6.07) is 9.00. The average molecular weight is 301 g/mol. The minimum atomic E-state index is -0.219. The molecule has 108 valence electrons. The van der Waals surface area contributed by atoms with Crippen molar-refractivity contribution in [2.24, 2.45) is 0 Å². The fraction of sp³-hybridized carbons (Fsp3) is 0.312. The molecule has 0 bridgehead atoms. The number of rotatable bonds is 3. The number of nitrogens with zero attached hydrogens (tertiary/aromatic N) is 2. The first-order chi connectivity index (χ1) is 10.3. The molecule has 5 heteroatoms. The van der Waals surface area contributed by atoms with Gasteiger partial charge in [-0.3, -0.25) is 4.90 Å². The summed E-state index contributed by atoms with van der Waals surface area (Å²) in [6.07, 6.45) is 1.10. The zero-order chi connectivity index (χ0) is 14.2. The largest absolute Gasteiger partial charge is 0.342 e. The maximum absolute atomic E-state index is 13.2. The van der Waals surface area contributed by atoms with Crippen LogP contribution in [0.2, 0.25) is 0 Å². The van der Waals surface area contributed by atoms with Crippen molar-refractivity contribution >= 4 is 22.4 Å². The molecule has 1 aromatic carbocycles. The number of hydrogen-bond acceptors (Lipinski definition) is 3. The third kappa shape index (κ3) is 2.59. The molecule has 0 saturated carbocycles. The number of aromatic amines is 1. The van der Waals surface area contributed by atoms with E-state index >= 15 is 0 Å². The van der Waals surface area contributed by atoms with E-state index in [2.05, 4.69) is 32.4 Å². The van der Waals surface area contributed by atoms with Gasteiger partial charge in [0.05, 0.1) is 11.0 Å². The standard InChI is InChI=1S/C16H16FN3S/c17-12-3-4-14-15(8-12)19-16(18-14)11-5-6-20(9-11)10-13-2-1-7-21-13/h1-4,7-8,11H,5-6,9-10H2,(H,18,19). The zero-order valence-electron chi connectivity index (χ0n) is 11.6. The van der Waals surface area contributed by atoms with Crippen LogP contribution in [0.25, 0.3) is 11.0 Å². The summed E-state index contributed by atoms with van der Waals surface area (Å²) in [4.78, 5) is 11.8. The Balaban J connectivity index is 1.51. The van der Waals surface area contributed by atoms with Gasteiger partial charge in [0.2, 0.25) is 0 Å². The van der Waals surface area contributed by atoms with E-state index in [-0.39, 0.29) is 5.82 Å². The monoisotopic (exact) mass is 301 g/mol. The highest BCUT2D eigenvalue weighted by Crippen LogP contribution is 2.28. The van der Waals surface area contributed by atoms with Crippen LogP contribution in [0.3, 0.4) is 0 Å². The number of nitrogens with one attached hydrogen (secondary N) is 1. The first kappa shape index (κ1) is 13.0. The van der Waals surface area contributed by atoms with Crippen LogP contribution in [-0.4, -0.2) is 28.0 Å². The number of hydrogen-bond donors (Lipinski definition) is 1. The molecule has 1 N–H and O–H groups in total. The lowest BCUT2D eigenvalue weighted by Crippen LogP contribution is -2.19. The molecule has 1 aliphatic heterocycles. The van der Waals surface area contributed by atoms with E-state index in [1.54, 1.807) is 17.4 Å². The van der Waals surface area contributed by atoms with Gasteiger partial charge in [-0.2, -0.15) is 0 Å². The minimum Gasteiger partial charge on any atom is -0.342 e. The Bertz CT molecular complexity index is 750. The normalized spacial score (nSPS) is 19.6. The summed E-state index contributed by atoms with van der Waals surface area (Å²) in [7, 11) is 0. The molecule has 1 unspecified atom stereocenters. The van der Waals surface area contributed by atoms with Crippen LogP contribution in [0.1, 0.15) is 23.0 Å². The summed E-state index contributed by atoms with van der Waals surface area (Å²) in [5.74, 6) is 1.19. The number of H-pyrrole nitrogens is 1. The first-order valence-corrected chi connectivity index (χ1v) is 8.06. The first-order valence-electron chi connectivity index (χ1n) is 7.18. The average Bonchev–Trinajstić information content (AvgIpc) is 3.18. The van der Waals surface area contributed by atoms with Gasteiger partial charge in [0.15, 0.2) is 0 Å². The number of likely N-dealkylation sites (tertiary alicyclic amines) is 1. The molecular formula is C16H16FN3S. The molecule has 1 fully saturated rings. The van der Waals surface area contributed by atoms with Crippen molar-refractivity contribution in [1.29, 1.82) is 0 Å². The number of fused-ring (bicyclic) bond motifs is 1. The van der Waals surface area contributed by atoms with Crippen LogP contribution >= 0.6 is 11.3 Å². The summed E-state index contributed by atoms with van der Waals surface area (Å²) >= 11 is 1.81. The van der Waals surface area contributed by atoms with Gasteiger partial charge in [-0.1, -0.05) is 6.07 Å². The van der Waals surface area contributed by atoms with E-state index in [0.717, 1.165) is 42.9 Å². The fourth-order valence-electron chi connectivity index (χ4n) is 3.02. The predicted molar refractivity (Wildman–Crippen MR) is 83.0 cm³/mol. The Hall–Kier alpha value is -1.72. The molecule has 0 aliphatic carbocycles. The lowest BCUT2D eigenvalue weighted by molar-refractivity contribution is 0.329. The third-order valence-corrected chi connectivity index (χ3v) is 4.94. The molecule has 1 atom stereocenters. The molecule has 0 amide bonds. The number of benzene rings is 1. The SMILES string of the molecule is Fc1ccc2nc(C3CCN(Cc4cccs4)C3)[nH]c2c1. The summed E-state index contributed by atoms with van der Waals surface area (Å²) < 4.78 is 13.2. The smallest absolute Gasteiger partial charge is 0.125 e. The fourth-order valence-corrected chi connectivity index (χ4v) is 3.76. The van der Waals surface area contributed by atoms with Crippen LogP contribution in [0, 0.1) is 5.82 Å². The number of halogens is 1.